The summed E-state index contributed by atoms with van der Waals surface area (Å²) in [6.45, 7) is 6.57. The van der Waals surface area contributed by atoms with E-state index in [1.165, 1.54) is 6.26 Å². The van der Waals surface area contributed by atoms with Crippen molar-refractivity contribution in [3.63, 3.8) is 0 Å². The highest BCUT2D eigenvalue weighted by Crippen LogP contribution is 2.47. The van der Waals surface area contributed by atoms with Gasteiger partial charge < -0.3 is 14.3 Å². The van der Waals surface area contributed by atoms with Gasteiger partial charge in [-0.15, -0.1) is 0 Å². The van der Waals surface area contributed by atoms with Crippen molar-refractivity contribution in [1.82, 2.24) is 10.5 Å². The van der Waals surface area contributed by atoms with Crippen LogP contribution in [0.1, 0.15) is 62.0 Å². The molecular formula is C19H26N2O3. The van der Waals surface area contributed by atoms with Crippen molar-refractivity contribution >= 4 is 5.91 Å². The zero-order chi connectivity index (χ0) is 17.2. The summed E-state index contributed by atoms with van der Waals surface area (Å²) in [5.74, 6) is 1.70. The molecular weight excluding hydrogens is 304 g/mol. The third-order valence-electron chi connectivity index (χ3n) is 5.36. The summed E-state index contributed by atoms with van der Waals surface area (Å²) in [5.41, 5.74) is 1.06. The molecule has 1 aliphatic carbocycles. The van der Waals surface area contributed by atoms with Crippen LogP contribution in [0.5, 0.6) is 0 Å². The molecule has 2 aromatic rings. The monoisotopic (exact) mass is 330 g/mol. The first-order chi connectivity index (χ1) is 11.5. The molecule has 1 saturated carbocycles. The number of furan rings is 1. The van der Waals surface area contributed by atoms with E-state index in [9.17, 15) is 4.79 Å². The quantitative estimate of drug-likeness (QED) is 0.833. The van der Waals surface area contributed by atoms with Crippen LogP contribution in [0.3, 0.4) is 0 Å². The van der Waals surface area contributed by atoms with E-state index in [4.69, 9.17) is 8.94 Å². The van der Waals surface area contributed by atoms with E-state index in [1.54, 1.807) is 12.1 Å². The van der Waals surface area contributed by atoms with Crippen LogP contribution in [0.2, 0.25) is 0 Å². The standard InChI is InChI=1S/C19H26N2O3/c1-4-5-7-15-12-14(21-24-15)10-13-11-17(19(13,2)3)20-18(22)16-8-6-9-23-16/h6,8-9,12-13,17H,4-5,7,10-11H2,1-3H3,(H,20,22)/t13-,17+/m1/s1. The molecule has 5 nitrogen and oxygen atoms in total. The van der Waals surface area contributed by atoms with Gasteiger partial charge in [0.05, 0.1) is 12.0 Å². The molecule has 1 N–H and O–H groups in total. The highest BCUT2D eigenvalue weighted by molar-refractivity contribution is 5.91. The molecule has 24 heavy (non-hydrogen) atoms. The highest BCUT2D eigenvalue weighted by Gasteiger charge is 2.48. The molecule has 0 radical (unpaired) electrons. The Balaban J connectivity index is 1.54. The number of carbonyl (C=O) groups is 1. The predicted octanol–water partition coefficient (Wildman–Crippen LogP) is 4.00. The summed E-state index contributed by atoms with van der Waals surface area (Å²) in [6.07, 6.45) is 6.61. The fourth-order valence-corrected chi connectivity index (χ4v) is 3.42. The number of rotatable bonds is 7. The topological polar surface area (TPSA) is 68.3 Å². The predicted molar refractivity (Wildman–Crippen MR) is 90.7 cm³/mol. The van der Waals surface area contributed by atoms with Crippen LogP contribution >= 0.6 is 0 Å². The minimum Gasteiger partial charge on any atom is -0.459 e. The number of aryl methyl sites for hydroxylation is 1. The molecule has 0 bridgehead atoms. The van der Waals surface area contributed by atoms with Crippen molar-refractivity contribution in [3.05, 3.63) is 41.7 Å². The zero-order valence-electron chi connectivity index (χ0n) is 14.7. The Morgan fingerprint density at radius 1 is 1.46 bits per heavy atom. The lowest BCUT2D eigenvalue weighted by atomic mass is 9.57. The van der Waals surface area contributed by atoms with Crippen LogP contribution in [-0.4, -0.2) is 17.1 Å². The minimum atomic E-state index is -0.139. The molecule has 130 valence electrons. The van der Waals surface area contributed by atoms with Gasteiger partial charge in [-0.3, -0.25) is 4.79 Å². The van der Waals surface area contributed by atoms with Crippen LogP contribution < -0.4 is 5.32 Å². The summed E-state index contributed by atoms with van der Waals surface area (Å²) in [7, 11) is 0. The fraction of sp³-hybridized carbons (Fsp3) is 0.579. The van der Waals surface area contributed by atoms with E-state index in [0.29, 0.717) is 11.7 Å². The number of hydrogen-bond acceptors (Lipinski definition) is 4. The molecule has 0 aliphatic heterocycles. The molecule has 1 fully saturated rings. The van der Waals surface area contributed by atoms with Gasteiger partial charge in [0.25, 0.3) is 5.91 Å². The number of nitrogens with zero attached hydrogens (tertiary/aromatic N) is 1. The highest BCUT2D eigenvalue weighted by atomic mass is 16.5. The second kappa shape index (κ2) is 6.83. The van der Waals surface area contributed by atoms with Gasteiger partial charge in [-0.25, -0.2) is 0 Å². The van der Waals surface area contributed by atoms with Crippen molar-refractivity contribution in [2.45, 2.75) is 58.9 Å². The maximum atomic E-state index is 12.1. The van der Waals surface area contributed by atoms with Gasteiger partial charge in [0.1, 0.15) is 5.76 Å². The number of hydrogen-bond donors (Lipinski definition) is 1. The van der Waals surface area contributed by atoms with Gasteiger partial charge in [0.15, 0.2) is 5.76 Å². The smallest absolute Gasteiger partial charge is 0.287 e. The SMILES string of the molecule is CCCCc1cc(C[C@@H]2C[C@H](NC(=O)c3ccco3)C2(C)C)no1. The molecule has 3 rings (SSSR count). The van der Waals surface area contributed by atoms with Gasteiger partial charge in [0.2, 0.25) is 0 Å². The van der Waals surface area contributed by atoms with Crippen molar-refractivity contribution in [2.24, 2.45) is 11.3 Å². The van der Waals surface area contributed by atoms with Crippen molar-refractivity contribution < 1.29 is 13.7 Å². The summed E-state index contributed by atoms with van der Waals surface area (Å²) < 4.78 is 10.6. The number of carbonyl (C=O) groups excluding carboxylic acids is 1. The summed E-state index contributed by atoms with van der Waals surface area (Å²) in [6, 6.07) is 5.66. The maximum Gasteiger partial charge on any atom is 0.287 e. The molecule has 1 amide bonds. The first kappa shape index (κ1) is 16.8. The largest absolute Gasteiger partial charge is 0.459 e. The molecule has 5 heteroatoms. The molecule has 1 aliphatic rings. The Bertz CT molecular complexity index is 673. The van der Waals surface area contributed by atoms with Gasteiger partial charge in [-0.1, -0.05) is 32.3 Å². The number of unbranched alkanes of at least 4 members (excludes halogenated alkanes) is 1. The second-order valence-corrected chi connectivity index (χ2v) is 7.35. The summed E-state index contributed by atoms with van der Waals surface area (Å²) >= 11 is 0. The Morgan fingerprint density at radius 3 is 2.96 bits per heavy atom. The Hall–Kier alpha value is -2.04. The molecule has 0 aromatic carbocycles. The molecule has 2 aromatic heterocycles. The molecule has 2 heterocycles. The number of aromatic nitrogens is 1. The van der Waals surface area contributed by atoms with Crippen molar-refractivity contribution in [1.29, 1.82) is 0 Å². The maximum absolute atomic E-state index is 12.1. The second-order valence-electron chi connectivity index (χ2n) is 7.35. The fourth-order valence-electron chi connectivity index (χ4n) is 3.42. The zero-order valence-corrected chi connectivity index (χ0v) is 14.7. The lowest BCUT2D eigenvalue weighted by Gasteiger charge is -2.52. The Labute approximate surface area is 142 Å². The average Bonchev–Trinajstić information content (AvgIpc) is 3.23. The summed E-state index contributed by atoms with van der Waals surface area (Å²) in [5, 5.41) is 7.29. The molecule has 0 spiro atoms. The molecule has 0 saturated heterocycles. The van der Waals surface area contributed by atoms with E-state index in [0.717, 1.165) is 43.6 Å². The van der Waals surface area contributed by atoms with E-state index in [2.05, 4.69) is 37.3 Å². The van der Waals surface area contributed by atoms with Gasteiger partial charge >= 0.3 is 0 Å². The van der Waals surface area contributed by atoms with Gasteiger partial charge in [-0.05, 0) is 42.7 Å². The van der Waals surface area contributed by atoms with E-state index < -0.39 is 0 Å². The molecule has 2 atom stereocenters. The van der Waals surface area contributed by atoms with E-state index in [1.807, 2.05) is 0 Å². The minimum absolute atomic E-state index is 0.0325. The summed E-state index contributed by atoms with van der Waals surface area (Å²) in [4.78, 5) is 12.1. The van der Waals surface area contributed by atoms with Crippen molar-refractivity contribution in [3.8, 4) is 0 Å². The Kier molecular flexibility index (Phi) is 4.78. The van der Waals surface area contributed by atoms with E-state index in [-0.39, 0.29) is 17.4 Å². The van der Waals surface area contributed by atoms with Gasteiger partial charge in [-0.2, -0.15) is 0 Å². The van der Waals surface area contributed by atoms with Gasteiger partial charge in [0, 0.05) is 18.5 Å². The third-order valence-corrected chi connectivity index (χ3v) is 5.36. The first-order valence-electron chi connectivity index (χ1n) is 8.79. The van der Waals surface area contributed by atoms with Crippen molar-refractivity contribution in [2.75, 3.05) is 0 Å². The Morgan fingerprint density at radius 2 is 2.29 bits per heavy atom. The van der Waals surface area contributed by atoms with Crippen LogP contribution in [0.15, 0.2) is 33.4 Å². The first-order valence-corrected chi connectivity index (χ1v) is 8.79. The lowest BCUT2D eigenvalue weighted by molar-refractivity contribution is 0.0131. The van der Waals surface area contributed by atoms with E-state index >= 15 is 0 Å². The van der Waals surface area contributed by atoms with Crippen LogP contribution in [0.4, 0.5) is 0 Å². The van der Waals surface area contributed by atoms with Crippen LogP contribution in [-0.2, 0) is 12.8 Å². The lowest BCUT2D eigenvalue weighted by Crippen LogP contribution is -2.58. The molecule has 0 unspecified atom stereocenters. The normalized spacial score (nSPS) is 22.1. The van der Waals surface area contributed by atoms with Crippen LogP contribution in [0.25, 0.3) is 0 Å². The number of amides is 1. The third kappa shape index (κ3) is 3.40. The average molecular weight is 330 g/mol. The number of nitrogens with one attached hydrogen (secondary N) is 1. The van der Waals surface area contributed by atoms with Crippen LogP contribution in [0, 0.1) is 11.3 Å².